The van der Waals surface area contributed by atoms with Gasteiger partial charge in [0.2, 0.25) is 0 Å². The fraction of sp³-hybridized carbons (Fsp3) is 0.818. The molecule has 0 radical (unpaired) electrons. The highest BCUT2D eigenvalue weighted by Gasteiger charge is 2.28. The summed E-state index contributed by atoms with van der Waals surface area (Å²) in [4.78, 5) is 2.60. The van der Waals surface area contributed by atoms with Gasteiger partial charge in [-0.2, -0.15) is 0 Å². The van der Waals surface area contributed by atoms with Crippen molar-refractivity contribution in [2.75, 3.05) is 26.2 Å². The Labute approximate surface area is 92.8 Å². The summed E-state index contributed by atoms with van der Waals surface area (Å²) in [5, 5.41) is 3.38. The molecule has 0 aromatic heterocycles. The third kappa shape index (κ3) is 2.63. The van der Waals surface area contributed by atoms with Gasteiger partial charge in [-0.15, -0.1) is 24.8 Å². The molecule has 1 heterocycles. The minimum atomic E-state index is 0. The molecule has 0 amide bonds. The summed E-state index contributed by atoms with van der Waals surface area (Å²) in [6, 6.07) is 0.781. The number of piperazine rings is 1. The van der Waals surface area contributed by atoms with E-state index < -0.39 is 0 Å². The molecule has 3 heteroatoms. The molecule has 0 bridgehead atoms. The Hall–Kier alpha value is -0.230. The van der Waals surface area contributed by atoms with Gasteiger partial charge in [0.1, 0.15) is 0 Å². The van der Waals surface area contributed by atoms with E-state index in [1.807, 2.05) is 0 Å². The van der Waals surface area contributed by atoms with Gasteiger partial charge in [0, 0.05) is 38.1 Å². The summed E-state index contributed by atoms with van der Waals surface area (Å²) in [6.07, 6.45) is 9.23. The van der Waals surface area contributed by atoms with E-state index in [0.717, 1.165) is 19.1 Å². The smallest absolute Gasteiger partial charge is 0.0215 e. The lowest BCUT2D eigenvalue weighted by molar-refractivity contribution is 0.174. The molecule has 1 saturated heterocycles. The van der Waals surface area contributed by atoms with Crippen LogP contribution in [0.4, 0.5) is 0 Å². The summed E-state index contributed by atoms with van der Waals surface area (Å²) in [5.41, 5.74) is 0. The van der Waals surface area contributed by atoms with Crippen LogP contribution in [0, 0.1) is 18.3 Å². The Morgan fingerprint density at radius 3 is 2.50 bits per heavy atom. The SMILES string of the molecule is C#C[C@@H]1CC[C@@H](N2CCNCC2)C1.Cl. The van der Waals surface area contributed by atoms with Crippen molar-refractivity contribution < 1.29 is 0 Å². The Morgan fingerprint density at radius 1 is 1.21 bits per heavy atom. The first-order valence-corrected chi connectivity index (χ1v) is 5.31. The number of rotatable bonds is 1. The summed E-state index contributed by atoms with van der Waals surface area (Å²) in [7, 11) is 0. The molecule has 0 spiro atoms. The first kappa shape index (κ1) is 11.8. The van der Waals surface area contributed by atoms with Crippen LogP contribution in [-0.2, 0) is 0 Å². The van der Waals surface area contributed by atoms with Crippen molar-refractivity contribution in [3.8, 4) is 12.3 Å². The van der Waals surface area contributed by atoms with Crippen molar-refractivity contribution in [1.29, 1.82) is 0 Å². The van der Waals surface area contributed by atoms with Gasteiger partial charge in [0.25, 0.3) is 0 Å². The molecule has 0 aromatic rings. The first-order chi connectivity index (χ1) is 6.40. The maximum atomic E-state index is 5.44. The van der Waals surface area contributed by atoms with Gasteiger partial charge in [-0.25, -0.2) is 0 Å². The fourth-order valence-electron chi connectivity index (χ4n) is 2.49. The molecule has 2 aliphatic rings. The van der Waals surface area contributed by atoms with Gasteiger partial charge in [0.15, 0.2) is 0 Å². The summed E-state index contributed by atoms with van der Waals surface area (Å²) in [5.74, 6) is 3.45. The highest BCUT2D eigenvalue weighted by Crippen LogP contribution is 2.28. The molecular formula is C11H19ClN2. The van der Waals surface area contributed by atoms with Crippen LogP contribution in [0.15, 0.2) is 0 Å². The van der Waals surface area contributed by atoms with Crippen molar-refractivity contribution in [1.82, 2.24) is 10.2 Å². The molecule has 2 nitrogen and oxygen atoms in total. The largest absolute Gasteiger partial charge is 0.314 e. The maximum Gasteiger partial charge on any atom is 0.0215 e. The summed E-state index contributed by atoms with van der Waals surface area (Å²) in [6.45, 7) is 4.72. The van der Waals surface area contributed by atoms with E-state index in [1.165, 1.54) is 32.4 Å². The van der Waals surface area contributed by atoms with Gasteiger partial charge in [-0.05, 0) is 19.3 Å². The molecule has 80 valence electrons. The molecule has 1 aliphatic carbocycles. The number of nitrogens with one attached hydrogen (secondary N) is 1. The van der Waals surface area contributed by atoms with E-state index in [2.05, 4.69) is 16.1 Å². The molecule has 14 heavy (non-hydrogen) atoms. The van der Waals surface area contributed by atoms with Crippen molar-refractivity contribution in [3.63, 3.8) is 0 Å². The van der Waals surface area contributed by atoms with Gasteiger partial charge < -0.3 is 5.32 Å². The minimum absolute atomic E-state index is 0. The second-order valence-electron chi connectivity index (χ2n) is 4.12. The zero-order valence-electron chi connectivity index (χ0n) is 8.54. The van der Waals surface area contributed by atoms with Crippen molar-refractivity contribution in [2.45, 2.75) is 25.3 Å². The number of hydrogen-bond acceptors (Lipinski definition) is 2. The highest BCUT2D eigenvalue weighted by atomic mass is 35.5. The molecule has 0 aromatic carbocycles. The second kappa shape index (κ2) is 5.60. The molecule has 1 aliphatic heterocycles. The Bertz CT molecular complexity index is 206. The standard InChI is InChI=1S/C11H18N2.ClH/c1-2-10-3-4-11(9-10)13-7-5-12-6-8-13;/h1,10-12H,3-9H2;1H/t10-,11-;/m1./s1. The quantitative estimate of drug-likeness (QED) is 0.659. The van der Waals surface area contributed by atoms with Gasteiger partial charge in [-0.3, -0.25) is 4.90 Å². The molecule has 1 N–H and O–H groups in total. The average molecular weight is 215 g/mol. The second-order valence-corrected chi connectivity index (χ2v) is 4.12. The molecule has 2 rings (SSSR count). The number of hydrogen-bond donors (Lipinski definition) is 1. The van der Waals surface area contributed by atoms with Crippen LogP contribution >= 0.6 is 12.4 Å². The minimum Gasteiger partial charge on any atom is -0.314 e. The van der Waals surface area contributed by atoms with E-state index in [9.17, 15) is 0 Å². The summed E-state index contributed by atoms with van der Waals surface area (Å²) < 4.78 is 0. The van der Waals surface area contributed by atoms with Crippen LogP contribution in [0.5, 0.6) is 0 Å². The topological polar surface area (TPSA) is 15.3 Å². The lowest BCUT2D eigenvalue weighted by atomic mass is 10.1. The third-order valence-corrected chi connectivity index (χ3v) is 3.31. The lowest BCUT2D eigenvalue weighted by Crippen LogP contribution is -2.47. The van der Waals surface area contributed by atoms with Gasteiger partial charge in [0.05, 0.1) is 0 Å². The van der Waals surface area contributed by atoms with Crippen molar-refractivity contribution in [3.05, 3.63) is 0 Å². The van der Waals surface area contributed by atoms with Crippen LogP contribution < -0.4 is 5.32 Å². The normalized spacial score (nSPS) is 33.4. The predicted octanol–water partition coefficient (Wildman–Crippen LogP) is 1.12. The Kier molecular flexibility index (Phi) is 4.74. The van der Waals surface area contributed by atoms with Crippen LogP contribution in [-0.4, -0.2) is 37.1 Å². The van der Waals surface area contributed by atoms with Crippen LogP contribution in [0.25, 0.3) is 0 Å². The number of nitrogens with zero attached hydrogens (tertiary/aromatic N) is 1. The zero-order chi connectivity index (χ0) is 9.10. The van der Waals surface area contributed by atoms with E-state index in [4.69, 9.17) is 6.42 Å². The van der Waals surface area contributed by atoms with E-state index in [-0.39, 0.29) is 12.4 Å². The highest BCUT2D eigenvalue weighted by molar-refractivity contribution is 5.85. The van der Waals surface area contributed by atoms with Crippen LogP contribution in [0.2, 0.25) is 0 Å². The molecule has 1 saturated carbocycles. The average Bonchev–Trinajstić information content (AvgIpc) is 2.67. The fourth-order valence-corrected chi connectivity index (χ4v) is 2.49. The maximum absolute atomic E-state index is 5.44. The lowest BCUT2D eigenvalue weighted by Gasteiger charge is -2.32. The van der Waals surface area contributed by atoms with E-state index in [0.29, 0.717) is 5.92 Å². The molecule has 2 fully saturated rings. The van der Waals surface area contributed by atoms with Gasteiger partial charge >= 0.3 is 0 Å². The van der Waals surface area contributed by atoms with Crippen LogP contribution in [0.1, 0.15) is 19.3 Å². The Morgan fingerprint density at radius 2 is 1.93 bits per heavy atom. The van der Waals surface area contributed by atoms with Crippen molar-refractivity contribution in [2.24, 2.45) is 5.92 Å². The molecular weight excluding hydrogens is 196 g/mol. The Balaban J connectivity index is 0.000000980. The van der Waals surface area contributed by atoms with E-state index >= 15 is 0 Å². The van der Waals surface area contributed by atoms with Crippen molar-refractivity contribution >= 4 is 12.4 Å². The third-order valence-electron chi connectivity index (χ3n) is 3.31. The van der Waals surface area contributed by atoms with Crippen LogP contribution in [0.3, 0.4) is 0 Å². The first-order valence-electron chi connectivity index (χ1n) is 5.31. The van der Waals surface area contributed by atoms with E-state index in [1.54, 1.807) is 0 Å². The molecule has 0 unspecified atom stereocenters. The number of halogens is 1. The summed E-state index contributed by atoms with van der Waals surface area (Å²) >= 11 is 0. The molecule has 2 atom stereocenters. The predicted molar refractivity (Wildman–Crippen MR) is 61.7 cm³/mol. The zero-order valence-corrected chi connectivity index (χ0v) is 9.35. The number of terminal acetylenes is 1. The van der Waals surface area contributed by atoms with Gasteiger partial charge in [-0.1, -0.05) is 0 Å². The monoisotopic (exact) mass is 214 g/mol.